The number of nitrogens with two attached hydrogens (primary N) is 1. The second-order valence-electron chi connectivity index (χ2n) is 3.47. The maximum absolute atomic E-state index is 5.81. The van der Waals surface area contributed by atoms with Gasteiger partial charge in [-0.1, -0.05) is 0 Å². The predicted octanol–water partition coefficient (Wildman–Crippen LogP) is 0.492. The monoisotopic (exact) mass is 172 g/mol. The van der Waals surface area contributed by atoms with Crippen LogP contribution in [-0.4, -0.2) is 31.8 Å². The van der Waals surface area contributed by atoms with Gasteiger partial charge in [0.05, 0.1) is 12.2 Å². The molecule has 3 N–H and O–H groups in total. The van der Waals surface area contributed by atoms with Gasteiger partial charge < -0.3 is 15.8 Å². The first-order valence-electron chi connectivity index (χ1n) is 4.89. The number of piperidine rings is 1. The molecule has 1 saturated heterocycles. The van der Waals surface area contributed by atoms with Crippen molar-refractivity contribution in [2.24, 2.45) is 5.73 Å². The molecule has 0 aromatic rings. The van der Waals surface area contributed by atoms with Gasteiger partial charge in [-0.15, -0.1) is 0 Å². The lowest BCUT2D eigenvalue weighted by Crippen LogP contribution is -2.34. The Kier molecular flexibility index (Phi) is 4.58. The van der Waals surface area contributed by atoms with Gasteiger partial charge in [0.2, 0.25) is 0 Å². The first-order valence-corrected chi connectivity index (χ1v) is 4.89. The van der Waals surface area contributed by atoms with E-state index in [0.29, 0.717) is 12.2 Å². The lowest BCUT2D eigenvalue weighted by Gasteiger charge is -2.26. The summed E-state index contributed by atoms with van der Waals surface area (Å²) in [6.07, 6.45) is 4.07. The highest BCUT2D eigenvalue weighted by Crippen LogP contribution is 2.11. The number of ether oxygens (including phenoxy) is 1. The van der Waals surface area contributed by atoms with Gasteiger partial charge in [0.1, 0.15) is 0 Å². The summed E-state index contributed by atoms with van der Waals surface area (Å²) < 4.78 is 5.81. The summed E-state index contributed by atoms with van der Waals surface area (Å²) in [6.45, 7) is 5.03. The van der Waals surface area contributed by atoms with Crippen molar-refractivity contribution >= 4 is 0 Å². The van der Waals surface area contributed by atoms with Gasteiger partial charge in [-0.25, -0.2) is 0 Å². The Morgan fingerprint density at radius 2 is 2.17 bits per heavy atom. The van der Waals surface area contributed by atoms with Crippen molar-refractivity contribution < 1.29 is 4.74 Å². The molecule has 0 aromatic carbocycles. The Labute approximate surface area is 74.7 Å². The molecule has 1 rings (SSSR count). The zero-order valence-corrected chi connectivity index (χ0v) is 7.88. The molecule has 1 fully saturated rings. The Balaban J connectivity index is 2.11. The third-order valence-electron chi connectivity index (χ3n) is 2.28. The van der Waals surface area contributed by atoms with Crippen LogP contribution in [-0.2, 0) is 4.74 Å². The van der Waals surface area contributed by atoms with E-state index in [1.165, 1.54) is 0 Å². The van der Waals surface area contributed by atoms with Crippen LogP contribution in [0.3, 0.4) is 0 Å². The topological polar surface area (TPSA) is 47.3 Å². The van der Waals surface area contributed by atoms with Crippen LogP contribution in [0.1, 0.15) is 26.2 Å². The molecule has 0 radical (unpaired) electrons. The third kappa shape index (κ3) is 3.52. The lowest BCUT2D eigenvalue weighted by molar-refractivity contribution is -0.0195. The molecule has 0 bridgehead atoms. The van der Waals surface area contributed by atoms with E-state index in [1.54, 1.807) is 0 Å². The van der Waals surface area contributed by atoms with Crippen LogP contribution in [0.25, 0.3) is 0 Å². The van der Waals surface area contributed by atoms with Gasteiger partial charge in [0, 0.05) is 0 Å². The second kappa shape index (κ2) is 5.51. The van der Waals surface area contributed by atoms with Crippen molar-refractivity contribution in [1.29, 1.82) is 0 Å². The SMILES string of the molecule is C[C@H](CCN)OC1CCNCC1. The summed E-state index contributed by atoms with van der Waals surface area (Å²) >= 11 is 0. The van der Waals surface area contributed by atoms with E-state index < -0.39 is 0 Å². The highest BCUT2D eigenvalue weighted by atomic mass is 16.5. The maximum Gasteiger partial charge on any atom is 0.0603 e. The van der Waals surface area contributed by atoms with Crippen LogP contribution in [0.5, 0.6) is 0 Å². The van der Waals surface area contributed by atoms with Crippen LogP contribution < -0.4 is 11.1 Å². The van der Waals surface area contributed by atoms with E-state index in [4.69, 9.17) is 10.5 Å². The Morgan fingerprint density at radius 1 is 1.50 bits per heavy atom. The summed E-state index contributed by atoms with van der Waals surface area (Å²) in [5.41, 5.74) is 5.44. The van der Waals surface area contributed by atoms with Crippen LogP contribution >= 0.6 is 0 Å². The molecule has 12 heavy (non-hydrogen) atoms. The Hall–Kier alpha value is -0.120. The minimum Gasteiger partial charge on any atom is -0.375 e. The van der Waals surface area contributed by atoms with Crippen molar-refractivity contribution in [3.8, 4) is 0 Å². The van der Waals surface area contributed by atoms with Gasteiger partial charge in [-0.3, -0.25) is 0 Å². The minimum atomic E-state index is 0.332. The molecule has 1 heterocycles. The van der Waals surface area contributed by atoms with Crippen LogP contribution in [0.2, 0.25) is 0 Å². The van der Waals surface area contributed by atoms with Crippen LogP contribution in [0, 0.1) is 0 Å². The number of hydrogen-bond donors (Lipinski definition) is 2. The molecular weight excluding hydrogens is 152 g/mol. The molecule has 3 heteroatoms. The smallest absolute Gasteiger partial charge is 0.0603 e. The average molecular weight is 172 g/mol. The van der Waals surface area contributed by atoms with E-state index in [-0.39, 0.29) is 0 Å². The standard InChI is InChI=1S/C9H20N2O/c1-8(2-5-10)12-9-3-6-11-7-4-9/h8-9,11H,2-7,10H2,1H3/t8-/m1/s1. The second-order valence-corrected chi connectivity index (χ2v) is 3.47. The highest BCUT2D eigenvalue weighted by Gasteiger charge is 2.15. The normalized spacial score (nSPS) is 22.5. The summed E-state index contributed by atoms with van der Waals surface area (Å²) in [5.74, 6) is 0. The van der Waals surface area contributed by atoms with E-state index in [2.05, 4.69) is 12.2 Å². The van der Waals surface area contributed by atoms with Crippen molar-refractivity contribution in [2.45, 2.75) is 38.4 Å². The van der Waals surface area contributed by atoms with Crippen molar-refractivity contribution in [2.75, 3.05) is 19.6 Å². The van der Waals surface area contributed by atoms with E-state index >= 15 is 0 Å². The average Bonchev–Trinajstić information content (AvgIpc) is 2.06. The number of hydrogen-bond acceptors (Lipinski definition) is 3. The highest BCUT2D eigenvalue weighted by molar-refractivity contribution is 4.69. The van der Waals surface area contributed by atoms with Crippen molar-refractivity contribution in [3.63, 3.8) is 0 Å². The first kappa shape index (κ1) is 9.96. The van der Waals surface area contributed by atoms with Crippen molar-refractivity contribution in [1.82, 2.24) is 5.32 Å². The minimum absolute atomic E-state index is 0.332. The molecule has 72 valence electrons. The summed E-state index contributed by atoms with van der Waals surface area (Å²) in [5, 5.41) is 3.32. The van der Waals surface area contributed by atoms with Gasteiger partial charge in [0.15, 0.2) is 0 Å². The van der Waals surface area contributed by atoms with Crippen LogP contribution in [0.4, 0.5) is 0 Å². The molecule has 0 aliphatic carbocycles. The number of rotatable bonds is 4. The van der Waals surface area contributed by atoms with Gasteiger partial charge in [0.25, 0.3) is 0 Å². The maximum atomic E-state index is 5.81. The molecule has 1 atom stereocenters. The zero-order chi connectivity index (χ0) is 8.81. The molecule has 0 amide bonds. The van der Waals surface area contributed by atoms with E-state index in [0.717, 1.165) is 38.9 Å². The molecule has 0 saturated carbocycles. The summed E-state index contributed by atoms with van der Waals surface area (Å²) in [7, 11) is 0. The summed E-state index contributed by atoms with van der Waals surface area (Å²) in [4.78, 5) is 0. The fraction of sp³-hybridized carbons (Fsp3) is 1.00. The van der Waals surface area contributed by atoms with Gasteiger partial charge in [-0.2, -0.15) is 0 Å². The molecule has 1 aliphatic rings. The quantitative estimate of drug-likeness (QED) is 0.649. The fourth-order valence-electron chi connectivity index (χ4n) is 1.56. The third-order valence-corrected chi connectivity index (χ3v) is 2.28. The van der Waals surface area contributed by atoms with E-state index in [1.807, 2.05) is 0 Å². The Bertz CT molecular complexity index is 113. The molecule has 3 nitrogen and oxygen atoms in total. The fourth-order valence-corrected chi connectivity index (χ4v) is 1.56. The predicted molar refractivity (Wildman–Crippen MR) is 50.1 cm³/mol. The van der Waals surface area contributed by atoms with Gasteiger partial charge in [-0.05, 0) is 45.8 Å². The largest absolute Gasteiger partial charge is 0.375 e. The molecule has 0 aromatic heterocycles. The number of nitrogens with one attached hydrogen (secondary N) is 1. The molecule has 0 spiro atoms. The lowest BCUT2D eigenvalue weighted by atomic mass is 10.1. The Morgan fingerprint density at radius 3 is 2.75 bits per heavy atom. The molecule has 0 unspecified atom stereocenters. The zero-order valence-electron chi connectivity index (χ0n) is 7.88. The van der Waals surface area contributed by atoms with Crippen LogP contribution in [0.15, 0.2) is 0 Å². The first-order chi connectivity index (χ1) is 5.83. The molecular formula is C9H20N2O. The van der Waals surface area contributed by atoms with E-state index in [9.17, 15) is 0 Å². The summed E-state index contributed by atoms with van der Waals surface area (Å²) in [6, 6.07) is 0. The van der Waals surface area contributed by atoms with Gasteiger partial charge >= 0.3 is 0 Å². The van der Waals surface area contributed by atoms with Crippen molar-refractivity contribution in [3.05, 3.63) is 0 Å². The molecule has 1 aliphatic heterocycles.